The van der Waals surface area contributed by atoms with Gasteiger partial charge in [-0.05, 0) is 49.4 Å². The number of aromatic nitrogens is 2. The molecular weight excluding hydrogens is 329 g/mol. The van der Waals surface area contributed by atoms with Gasteiger partial charge in [0, 0.05) is 24.8 Å². The second-order valence-corrected chi connectivity index (χ2v) is 8.22. The molecule has 1 aromatic carbocycles. The fourth-order valence-electron chi connectivity index (χ4n) is 3.05. The molecule has 1 aliphatic heterocycles. The second-order valence-electron chi connectivity index (χ2n) is 6.24. The summed E-state index contributed by atoms with van der Waals surface area (Å²) in [6.07, 6.45) is 7.16. The zero-order chi connectivity index (χ0) is 17.2. The van der Waals surface area contributed by atoms with E-state index < -0.39 is 10.0 Å². The number of halogens is 1. The van der Waals surface area contributed by atoms with Crippen LogP contribution in [-0.2, 0) is 16.4 Å². The average molecular weight is 349 g/mol. The van der Waals surface area contributed by atoms with E-state index in [-0.39, 0.29) is 11.7 Å². The summed E-state index contributed by atoms with van der Waals surface area (Å²) in [5.41, 5.74) is 2.34. The molecule has 0 N–H and O–H groups in total. The lowest BCUT2D eigenvalue weighted by Crippen LogP contribution is -2.39. The second kappa shape index (κ2) is 6.94. The first-order chi connectivity index (χ1) is 11.4. The molecule has 0 radical (unpaired) electrons. The topological polar surface area (TPSA) is 63.2 Å². The Labute approximate surface area is 141 Å². The van der Waals surface area contributed by atoms with Gasteiger partial charge in [0.25, 0.3) is 0 Å². The van der Waals surface area contributed by atoms with Crippen molar-refractivity contribution in [2.75, 3.05) is 19.3 Å². The van der Waals surface area contributed by atoms with Crippen molar-refractivity contribution < 1.29 is 12.8 Å². The van der Waals surface area contributed by atoms with Crippen LogP contribution in [0, 0.1) is 11.7 Å². The Hall–Kier alpha value is -1.86. The van der Waals surface area contributed by atoms with E-state index in [4.69, 9.17) is 0 Å². The van der Waals surface area contributed by atoms with E-state index in [0.29, 0.717) is 25.2 Å². The molecule has 0 saturated carbocycles. The van der Waals surface area contributed by atoms with Gasteiger partial charge in [-0.25, -0.2) is 22.1 Å². The minimum atomic E-state index is -3.14. The highest BCUT2D eigenvalue weighted by Gasteiger charge is 2.26. The van der Waals surface area contributed by atoms with Crippen molar-refractivity contribution in [2.24, 2.45) is 5.92 Å². The van der Waals surface area contributed by atoms with Crippen molar-refractivity contribution in [1.29, 1.82) is 0 Å². The highest BCUT2D eigenvalue weighted by molar-refractivity contribution is 7.88. The van der Waals surface area contributed by atoms with Gasteiger partial charge in [0.15, 0.2) is 0 Å². The molecule has 2 aromatic rings. The third-order valence-corrected chi connectivity index (χ3v) is 5.54. The Bertz CT molecular complexity index is 809. The van der Waals surface area contributed by atoms with Gasteiger partial charge in [0.05, 0.1) is 23.8 Å². The largest absolute Gasteiger partial charge is 0.261 e. The van der Waals surface area contributed by atoms with E-state index in [1.54, 1.807) is 28.8 Å². The first-order valence-electron chi connectivity index (χ1n) is 7.94. The molecule has 1 atom stereocenters. The highest BCUT2D eigenvalue weighted by Crippen LogP contribution is 2.23. The minimum Gasteiger partial charge on any atom is -0.261 e. The van der Waals surface area contributed by atoms with E-state index in [9.17, 15) is 12.8 Å². The van der Waals surface area contributed by atoms with Crippen LogP contribution in [0.3, 0.4) is 0 Å². The summed E-state index contributed by atoms with van der Waals surface area (Å²) in [5, 5.41) is 0. The van der Waals surface area contributed by atoms with E-state index in [0.717, 1.165) is 24.1 Å². The number of hydrogen-bond acceptors (Lipinski definition) is 4. The van der Waals surface area contributed by atoms with E-state index >= 15 is 0 Å². The van der Waals surface area contributed by atoms with Crippen LogP contribution >= 0.6 is 0 Å². The summed E-state index contributed by atoms with van der Waals surface area (Å²) < 4.78 is 38.0. The lowest BCUT2D eigenvalue weighted by molar-refractivity contribution is 0.265. The number of rotatable bonds is 4. The van der Waals surface area contributed by atoms with Crippen LogP contribution in [0.4, 0.5) is 4.39 Å². The number of nitrogens with zero attached hydrogens (tertiary/aromatic N) is 3. The maximum absolute atomic E-state index is 13.0. The monoisotopic (exact) mass is 349 g/mol. The van der Waals surface area contributed by atoms with Crippen molar-refractivity contribution in [3.63, 3.8) is 0 Å². The third-order valence-electron chi connectivity index (χ3n) is 4.27. The fraction of sp³-hybridized carbons (Fsp3) is 0.412. The molecule has 128 valence electrons. The van der Waals surface area contributed by atoms with Crippen LogP contribution < -0.4 is 0 Å². The maximum Gasteiger partial charge on any atom is 0.211 e. The standard InChI is InChI=1S/C17H20FN3O2S/c1-24(22,23)21-8-2-3-13(12-21)9-16-10-19-11-17(20-16)14-4-6-15(18)7-5-14/h4-7,10-11,13H,2-3,8-9,12H2,1H3/t13-/m0/s1. The van der Waals surface area contributed by atoms with Crippen molar-refractivity contribution >= 4 is 10.0 Å². The summed E-state index contributed by atoms with van der Waals surface area (Å²) in [6.45, 7) is 1.12. The normalized spacial score (nSPS) is 19.3. The van der Waals surface area contributed by atoms with Crippen LogP contribution in [0.1, 0.15) is 18.5 Å². The van der Waals surface area contributed by atoms with E-state index in [1.807, 2.05) is 0 Å². The Balaban J connectivity index is 1.74. The minimum absolute atomic E-state index is 0.242. The van der Waals surface area contributed by atoms with Crippen molar-refractivity contribution in [1.82, 2.24) is 14.3 Å². The lowest BCUT2D eigenvalue weighted by atomic mass is 9.95. The molecule has 24 heavy (non-hydrogen) atoms. The summed E-state index contributed by atoms with van der Waals surface area (Å²) in [5.74, 6) is -0.0443. The molecule has 7 heteroatoms. The molecule has 0 aliphatic carbocycles. The van der Waals surface area contributed by atoms with Crippen LogP contribution in [-0.4, -0.2) is 42.0 Å². The van der Waals surface area contributed by atoms with Crippen LogP contribution in [0.2, 0.25) is 0 Å². The summed E-state index contributed by atoms with van der Waals surface area (Å²) in [6, 6.07) is 6.15. The van der Waals surface area contributed by atoms with E-state index in [2.05, 4.69) is 9.97 Å². The van der Waals surface area contributed by atoms with Gasteiger partial charge >= 0.3 is 0 Å². The number of piperidine rings is 1. The molecule has 0 unspecified atom stereocenters. The Morgan fingerprint density at radius 1 is 1.25 bits per heavy atom. The Morgan fingerprint density at radius 3 is 2.71 bits per heavy atom. The predicted molar refractivity (Wildman–Crippen MR) is 90.3 cm³/mol. The molecule has 3 rings (SSSR count). The quantitative estimate of drug-likeness (QED) is 0.851. The van der Waals surface area contributed by atoms with Crippen molar-refractivity contribution in [2.45, 2.75) is 19.3 Å². The van der Waals surface area contributed by atoms with Crippen molar-refractivity contribution in [3.05, 3.63) is 48.2 Å². The number of hydrogen-bond donors (Lipinski definition) is 0. The van der Waals surface area contributed by atoms with Gasteiger partial charge in [-0.3, -0.25) is 4.98 Å². The van der Waals surface area contributed by atoms with E-state index in [1.165, 1.54) is 18.4 Å². The number of sulfonamides is 1. The van der Waals surface area contributed by atoms with Gasteiger partial charge in [-0.15, -0.1) is 0 Å². The zero-order valence-electron chi connectivity index (χ0n) is 13.5. The first kappa shape index (κ1) is 17.0. The molecule has 2 heterocycles. The van der Waals surface area contributed by atoms with Crippen LogP contribution in [0.15, 0.2) is 36.7 Å². The zero-order valence-corrected chi connectivity index (χ0v) is 14.3. The molecule has 1 fully saturated rings. The van der Waals surface area contributed by atoms with Gasteiger partial charge in [0.2, 0.25) is 10.0 Å². The lowest BCUT2D eigenvalue weighted by Gasteiger charge is -2.30. The molecular formula is C17H20FN3O2S. The van der Waals surface area contributed by atoms with Gasteiger partial charge < -0.3 is 0 Å². The smallest absolute Gasteiger partial charge is 0.211 e. The molecule has 0 amide bonds. The van der Waals surface area contributed by atoms with Crippen molar-refractivity contribution in [3.8, 4) is 11.3 Å². The summed E-state index contributed by atoms with van der Waals surface area (Å²) >= 11 is 0. The molecule has 5 nitrogen and oxygen atoms in total. The van der Waals surface area contributed by atoms with Gasteiger partial charge in [-0.1, -0.05) is 0 Å². The summed E-state index contributed by atoms with van der Waals surface area (Å²) in [7, 11) is -3.14. The molecule has 1 aliphatic rings. The number of benzene rings is 1. The van der Waals surface area contributed by atoms with Gasteiger partial charge in [0.1, 0.15) is 5.82 Å². The fourth-order valence-corrected chi connectivity index (χ4v) is 4.00. The predicted octanol–water partition coefficient (Wildman–Crippen LogP) is 2.50. The average Bonchev–Trinajstić information content (AvgIpc) is 2.55. The molecule has 1 saturated heterocycles. The highest BCUT2D eigenvalue weighted by atomic mass is 32.2. The summed E-state index contributed by atoms with van der Waals surface area (Å²) in [4.78, 5) is 8.83. The van der Waals surface area contributed by atoms with Gasteiger partial charge in [-0.2, -0.15) is 0 Å². The molecule has 0 bridgehead atoms. The Kier molecular flexibility index (Phi) is 4.91. The van der Waals surface area contributed by atoms with Crippen LogP contribution in [0.25, 0.3) is 11.3 Å². The SMILES string of the molecule is CS(=O)(=O)N1CCC[C@@H](Cc2cncc(-c3ccc(F)cc3)n2)C1. The Morgan fingerprint density at radius 2 is 2.00 bits per heavy atom. The third kappa shape index (κ3) is 4.15. The first-order valence-corrected chi connectivity index (χ1v) is 9.78. The molecule has 1 aromatic heterocycles. The molecule has 0 spiro atoms. The maximum atomic E-state index is 13.0. The van der Waals surface area contributed by atoms with Crippen LogP contribution in [0.5, 0.6) is 0 Å².